The summed E-state index contributed by atoms with van der Waals surface area (Å²) in [5, 5.41) is 2.80. The maximum atomic E-state index is 2.38. The Hall–Kier alpha value is -2.08. The molecule has 98 valence electrons. The highest BCUT2D eigenvalue weighted by atomic mass is 14.3. The largest absolute Gasteiger partial charge is 0.0616 e. The van der Waals surface area contributed by atoms with Gasteiger partial charge in [-0.25, -0.2) is 0 Å². The maximum absolute atomic E-state index is 2.38. The molecule has 0 heterocycles. The second kappa shape index (κ2) is 3.96. The monoisotopic (exact) mass is 258 g/mol. The summed E-state index contributed by atoms with van der Waals surface area (Å²) in [7, 11) is 0. The van der Waals surface area contributed by atoms with E-state index in [2.05, 4.69) is 63.2 Å². The molecule has 4 rings (SSSR count). The third kappa shape index (κ3) is 1.42. The molecule has 0 atom stereocenters. The smallest absolute Gasteiger partial charge is 0.00130 e. The van der Waals surface area contributed by atoms with E-state index in [-0.39, 0.29) is 0 Å². The van der Waals surface area contributed by atoms with Crippen LogP contribution in [0.4, 0.5) is 0 Å². The second-order valence-electron chi connectivity index (χ2n) is 5.99. The third-order valence-corrected chi connectivity index (χ3v) is 4.79. The lowest BCUT2D eigenvalue weighted by atomic mass is 9.91. The van der Waals surface area contributed by atoms with Crippen LogP contribution in [-0.2, 0) is 6.42 Å². The Balaban J connectivity index is 2.19. The molecule has 0 radical (unpaired) electrons. The van der Waals surface area contributed by atoms with Crippen LogP contribution in [-0.4, -0.2) is 0 Å². The highest BCUT2D eigenvalue weighted by Gasteiger charge is 2.23. The molecule has 0 aliphatic heterocycles. The molecule has 3 aromatic carbocycles. The Morgan fingerprint density at radius 2 is 1.45 bits per heavy atom. The highest BCUT2D eigenvalue weighted by Crippen LogP contribution is 2.44. The Bertz CT molecular complexity index is 854. The summed E-state index contributed by atoms with van der Waals surface area (Å²) in [6.45, 7) is 6.70. The predicted octanol–water partition coefficient (Wildman–Crippen LogP) is 5.34. The van der Waals surface area contributed by atoms with Gasteiger partial charge in [0.1, 0.15) is 0 Å². The van der Waals surface area contributed by atoms with Crippen molar-refractivity contribution in [1.29, 1.82) is 0 Å². The van der Waals surface area contributed by atoms with Crippen LogP contribution in [0, 0.1) is 20.8 Å². The van der Waals surface area contributed by atoms with Crippen molar-refractivity contribution in [1.82, 2.24) is 0 Å². The number of rotatable bonds is 0. The van der Waals surface area contributed by atoms with Crippen molar-refractivity contribution in [2.45, 2.75) is 27.2 Å². The molecule has 0 amide bonds. The van der Waals surface area contributed by atoms with Crippen molar-refractivity contribution >= 4 is 10.8 Å². The first-order valence-corrected chi connectivity index (χ1v) is 7.27. The van der Waals surface area contributed by atoms with E-state index in [0.717, 1.165) is 6.42 Å². The average molecular weight is 258 g/mol. The Morgan fingerprint density at radius 3 is 2.25 bits per heavy atom. The molecule has 0 fully saturated rings. The molecule has 20 heavy (non-hydrogen) atoms. The van der Waals surface area contributed by atoms with Gasteiger partial charge >= 0.3 is 0 Å². The average Bonchev–Trinajstić information content (AvgIpc) is 2.82. The molecular weight excluding hydrogens is 240 g/mol. The van der Waals surface area contributed by atoms with Crippen molar-refractivity contribution in [3.8, 4) is 11.1 Å². The van der Waals surface area contributed by atoms with Gasteiger partial charge in [0.2, 0.25) is 0 Å². The van der Waals surface area contributed by atoms with Gasteiger partial charge in [0, 0.05) is 0 Å². The van der Waals surface area contributed by atoms with Crippen LogP contribution in [0.1, 0.15) is 27.8 Å². The van der Waals surface area contributed by atoms with Crippen molar-refractivity contribution in [2.75, 3.05) is 0 Å². The predicted molar refractivity (Wildman–Crippen MR) is 86.4 cm³/mol. The minimum atomic E-state index is 1.08. The number of fused-ring (bicyclic) bond motifs is 5. The fourth-order valence-corrected chi connectivity index (χ4v) is 3.64. The van der Waals surface area contributed by atoms with Crippen LogP contribution in [0.15, 0.2) is 42.5 Å². The van der Waals surface area contributed by atoms with E-state index in [1.54, 1.807) is 0 Å². The molecule has 0 aromatic heterocycles. The molecular formula is C20H18. The summed E-state index contributed by atoms with van der Waals surface area (Å²) >= 11 is 0. The number of aryl methyl sites for hydroxylation is 2. The van der Waals surface area contributed by atoms with Gasteiger partial charge in [0.15, 0.2) is 0 Å². The van der Waals surface area contributed by atoms with E-state index in [9.17, 15) is 0 Å². The van der Waals surface area contributed by atoms with Crippen LogP contribution < -0.4 is 0 Å². The number of hydrogen-bond donors (Lipinski definition) is 0. The zero-order chi connectivity index (χ0) is 13.9. The first-order chi connectivity index (χ1) is 9.66. The summed E-state index contributed by atoms with van der Waals surface area (Å²) < 4.78 is 0. The summed E-state index contributed by atoms with van der Waals surface area (Å²) in [5.41, 5.74) is 10.2. The molecule has 0 bridgehead atoms. The first kappa shape index (κ1) is 11.7. The van der Waals surface area contributed by atoms with Gasteiger partial charge in [0.25, 0.3) is 0 Å². The van der Waals surface area contributed by atoms with Crippen LogP contribution in [0.3, 0.4) is 0 Å². The third-order valence-electron chi connectivity index (χ3n) is 4.79. The molecule has 0 nitrogen and oxygen atoms in total. The molecule has 0 saturated carbocycles. The molecule has 0 saturated heterocycles. The van der Waals surface area contributed by atoms with Gasteiger partial charge in [-0.2, -0.15) is 0 Å². The van der Waals surface area contributed by atoms with E-state index in [0.29, 0.717) is 0 Å². The lowest BCUT2D eigenvalue weighted by Crippen LogP contribution is -1.89. The van der Waals surface area contributed by atoms with Gasteiger partial charge in [-0.3, -0.25) is 0 Å². The van der Waals surface area contributed by atoms with Crippen molar-refractivity contribution in [3.63, 3.8) is 0 Å². The second-order valence-corrected chi connectivity index (χ2v) is 5.99. The molecule has 0 heteroatoms. The quantitative estimate of drug-likeness (QED) is 0.399. The molecule has 0 spiro atoms. The van der Waals surface area contributed by atoms with Gasteiger partial charge in [-0.15, -0.1) is 0 Å². The van der Waals surface area contributed by atoms with Crippen LogP contribution in [0.5, 0.6) is 0 Å². The van der Waals surface area contributed by atoms with E-state index in [4.69, 9.17) is 0 Å². The van der Waals surface area contributed by atoms with Crippen molar-refractivity contribution in [2.24, 2.45) is 0 Å². The minimum absolute atomic E-state index is 1.08. The van der Waals surface area contributed by atoms with Gasteiger partial charge < -0.3 is 0 Å². The summed E-state index contributed by atoms with van der Waals surface area (Å²) in [6.07, 6.45) is 1.08. The molecule has 1 aliphatic rings. The normalized spacial score (nSPS) is 12.6. The van der Waals surface area contributed by atoms with Gasteiger partial charge in [-0.1, -0.05) is 42.5 Å². The summed E-state index contributed by atoms with van der Waals surface area (Å²) in [4.78, 5) is 0. The summed E-state index contributed by atoms with van der Waals surface area (Å²) in [5.74, 6) is 0. The minimum Gasteiger partial charge on any atom is -0.0616 e. The molecule has 3 aromatic rings. The van der Waals surface area contributed by atoms with Gasteiger partial charge in [-0.05, 0) is 76.9 Å². The van der Waals surface area contributed by atoms with Crippen molar-refractivity contribution < 1.29 is 0 Å². The standard InChI is InChI=1S/C20H18/c1-12-8-9-15-11-16-10-13(2)17-6-4-5-7-18(17)20(16)19(15)14(12)3/h4-10H,11H2,1-3H3. The Morgan fingerprint density at radius 1 is 0.700 bits per heavy atom. The lowest BCUT2D eigenvalue weighted by molar-refractivity contribution is 1.24. The fraction of sp³-hybridized carbons (Fsp3) is 0.200. The zero-order valence-electron chi connectivity index (χ0n) is 12.2. The lowest BCUT2D eigenvalue weighted by Gasteiger charge is -2.12. The highest BCUT2D eigenvalue weighted by molar-refractivity contribution is 6.03. The molecule has 0 N–H and O–H groups in total. The van der Waals surface area contributed by atoms with Crippen LogP contribution >= 0.6 is 0 Å². The van der Waals surface area contributed by atoms with E-state index < -0.39 is 0 Å². The molecule has 0 unspecified atom stereocenters. The van der Waals surface area contributed by atoms with E-state index in [1.165, 1.54) is 49.7 Å². The first-order valence-electron chi connectivity index (χ1n) is 7.27. The Labute approximate surface area is 120 Å². The maximum Gasteiger partial charge on any atom is -0.00130 e. The number of hydrogen-bond acceptors (Lipinski definition) is 0. The number of benzene rings is 3. The zero-order valence-corrected chi connectivity index (χ0v) is 12.2. The van der Waals surface area contributed by atoms with Crippen LogP contribution in [0.25, 0.3) is 21.9 Å². The Kier molecular flexibility index (Phi) is 2.32. The van der Waals surface area contributed by atoms with E-state index >= 15 is 0 Å². The van der Waals surface area contributed by atoms with Crippen LogP contribution in [0.2, 0.25) is 0 Å². The SMILES string of the molecule is Cc1ccc2c(c1C)-c1c(cc(C)c3ccccc13)C2. The molecule has 1 aliphatic carbocycles. The van der Waals surface area contributed by atoms with E-state index in [1.807, 2.05) is 0 Å². The van der Waals surface area contributed by atoms with Gasteiger partial charge in [0.05, 0.1) is 0 Å². The topological polar surface area (TPSA) is 0 Å². The fourth-order valence-electron chi connectivity index (χ4n) is 3.64. The van der Waals surface area contributed by atoms with Crippen molar-refractivity contribution in [3.05, 3.63) is 70.3 Å². The summed E-state index contributed by atoms with van der Waals surface area (Å²) in [6, 6.07) is 15.8.